The fourth-order valence-electron chi connectivity index (χ4n) is 9.32. The van der Waals surface area contributed by atoms with Crippen LogP contribution in [0.4, 0.5) is 0 Å². The van der Waals surface area contributed by atoms with Gasteiger partial charge >= 0.3 is 0 Å². The fraction of sp³-hybridized carbons (Fsp3) is 0. The number of hydrogen-bond acceptors (Lipinski definition) is 6. The van der Waals surface area contributed by atoms with Crippen LogP contribution >= 0.6 is 0 Å². The minimum atomic E-state index is 0.587. The highest BCUT2D eigenvalue weighted by Crippen LogP contribution is 2.48. The third kappa shape index (κ3) is 5.81. The first-order valence-electron chi connectivity index (χ1n) is 21.4. The molecule has 0 aliphatic rings. The van der Waals surface area contributed by atoms with Crippen LogP contribution in [0.5, 0.6) is 0 Å². The summed E-state index contributed by atoms with van der Waals surface area (Å²) in [6, 6.07) is 70.8. The van der Waals surface area contributed by atoms with E-state index in [1.807, 2.05) is 60.7 Å². The summed E-state index contributed by atoms with van der Waals surface area (Å²) in [4.78, 5) is 20.5. The van der Waals surface area contributed by atoms with Gasteiger partial charge in [-0.3, -0.25) is 0 Å². The lowest BCUT2D eigenvalue weighted by molar-refractivity contribution is 0.669. The van der Waals surface area contributed by atoms with Gasteiger partial charge in [0.05, 0.1) is 11.2 Å². The molecule has 0 saturated carbocycles. The van der Waals surface area contributed by atoms with Crippen molar-refractivity contribution in [2.75, 3.05) is 0 Å². The minimum Gasteiger partial charge on any atom is -0.456 e. The van der Waals surface area contributed by atoms with Crippen LogP contribution in [0.2, 0.25) is 0 Å². The van der Waals surface area contributed by atoms with Gasteiger partial charge < -0.3 is 8.83 Å². The summed E-state index contributed by atoms with van der Waals surface area (Å²) < 4.78 is 13.5. The fourth-order valence-corrected chi connectivity index (χ4v) is 9.32. The number of pyridine rings is 1. The first-order chi connectivity index (χ1) is 31.7. The van der Waals surface area contributed by atoms with Crippen molar-refractivity contribution in [3.63, 3.8) is 0 Å². The Morgan fingerprint density at radius 2 is 0.797 bits per heavy atom. The minimum absolute atomic E-state index is 0.587. The molecule has 13 aromatic rings. The average molecular weight is 819 g/mol. The van der Waals surface area contributed by atoms with Crippen molar-refractivity contribution in [3.8, 4) is 67.7 Å². The maximum Gasteiger partial charge on any atom is 0.164 e. The molecule has 0 radical (unpaired) electrons. The zero-order valence-electron chi connectivity index (χ0n) is 34.2. The summed E-state index contributed by atoms with van der Waals surface area (Å²) >= 11 is 0. The highest BCUT2D eigenvalue weighted by Gasteiger charge is 2.24. The second-order valence-corrected chi connectivity index (χ2v) is 16.1. The second-order valence-electron chi connectivity index (χ2n) is 16.1. The number of fused-ring (bicyclic) bond motifs is 9. The number of furan rings is 2. The smallest absolute Gasteiger partial charge is 0.164 e. The van der Waals surface area contributed by atoms with Crippen molar-refractivity contribution >= 4 is 65.6 Å². The number of benzene rings is 9. The summed E-state index contributed by atoms with van der Waals surface area (Å²) in [5.41, 5.74) is 13.1. The number of aromatic nitrogens is 4. The molecule has 298 valence electrons. The van der Waals surface area contributed by atoms with Gasteiger partial charge in [0, 0.05) is 71.1 Å². The number of hydrogen-bond donors (Lipinski definition) is 0. The van der Waals surface area contributed by atoms with Crippen LogP contribution in [-0.2, 0) is 0 Å². The van der Waals surface area contributed by atoms with Crippen LogP contribution in [0.15, 0.2) is 215 Å². The Labute approximate surface area is 366 Å². The summed E-state index contributed by atoms with van der Waals surface area (Å²) in [6.07, 6.45) is 0. The van der Waals surface area contributed by atoms with Crippen molar-refractivity contribution < 1.29 is 8.83 Å². The van der Waals surface area contributed by atoms with Crippen LogP contribution in [0.3, 0.4) is 0 Å². The topological polar surface area (TPSA) is 77.8 Å². The Kier molecular flexibility index (Phi) is 8.11. The maximum absolute atomic E-state index is 6.74. The van der Waals surface area contributed by atoms with Gasteiger partial charge in [-0.05, 0) is 35.4 Å². The molecule has 13 rings (SSSR count). The quantitative estimate of drug-likeness (QED) is 0.156. The van der Waals surface area contributed by atoms with Gasteiger partial charge in [-0.25, -0.2) is 19.9 Å². The van der Waals surface area contributed by atoms with E-state index in [1.165, 1.54) is 0 Å². The molecule has 64 heavy (non-hydrogen) atoms. The van der Waals surface area contributed by atoms with Crippen LogP contribution in [0.1, 0.15) is 0 Å². The zero-order valence-corrected chi connectivity index (χ0v) is 34.2. The van der Waals surface area contributed by atoms with Crippen LogP contribution in [0, 0.1) is 0 Å². The van der Waals surface area contributed by atoms with Gasteiger partial charge in [0.15, 0.2) is 17.5 Å². The normalized spacial score (nSPS) is 11.8. The summed E-state index contributed by atoms with van der Waals surface area (Å²) in [5, 5.41) is 7.37. The van der Waals surface area contributed by atoms with Crippen molar-refractivity contribution in [2.24, 2.45) is 0 Å². The second kappa shape index (κ2) is 14.4. The molecule has 0 fully saturated rings. The number of rotatable bonds is 6. The molecule has 4 aromatic heterocycles. The van der Waals surface area contributed by atoms with E-state index in [0.29, 0.717) is 17.5 Å². The Hall–Kier alpha value is -8.74. The molecule has 6 nitrogen and oxygen atoms in total. The third-order valence-corrected chi connectivity index (χ3v) is 12.3. The van der Waals surface area contributed by atoms with E-state index in [4.69, 9.17) is 28.8 Å². The van der Waals surface area contributed by atoms with E-state index in [-0.39, 0.29) is 0 Å². The Morgan fingerprint density at radius 1 is 0.297 bits per heavy atom. The molecular formula is C58H34N4O2. The Balaban J connectivity index is 1.01. The molecule has 0 saturated heterocycles. The Bertz CT molecular complexity index is 3930. The lowest BCUT2D eigenvalue weighted by Gasteiger charge is -2.16. The average Bonchev–Trinajstić information content (AvgIpc) is 3.95. The standard InChI is InChI=1S/C58H34N4O2/c1-3-14-35(15-4-1)36-26-30-39(31-27-36)57-60-56(38-16-5-2-6-17-38)61-58(62-57)40-32-28-37(29-33-40)54-46-34-50-52(44-20-9-12-25-49(44)63-50)53(51(46)43-19-7-10-23-47(43)59-54)45-22-13-21-42-41-18-8-11-24-48(41)64-55(42)45/h1-34H. The molecule has 0 spiro atoms. The molecule has 4 heterocycles. The summed E-state index contributed by atoms with van der Waals surface area (Å²) in [7, 11) is 0. The maximum atomic E-state index is 6.74. The lowest BCUT2D eigenvalue weighted by Crippen LogP contribution is -2.00. The van der Waals surface area contributed by atoms with Crippen LogP contribution in [-0.4, -0.2) is 19.9 Å². The molecule has 0 unspecified atom stereocenters. The van der Waals surface area contributed by atoms with Crippen molar-refractivity contribution in [1.29, 1.82) is 0 Å². The molecule has 0 N–H and O–H groups in total. The van der Waals surface area contributed by atoms with Crippen LogP contribution < -0.4 is 0 Å². The largest absolute Gasteiger partial charge is 0.456 e. The SMILES string of the molecule is c1ccc(-c2ccc(-c3nc(-c4ccccc4)nc(-c4ccc(-c5nc6ccccc6c6c(-c7cccc8c7oc7ccccc78)c7c(cc56)oc5ccccc57)cc4)n3)cc2)cc1. The van der Waals surface area contributed by atoms with Gasteiger partial charge in [-0.15, -0.1) is 0 Å². The first-order valence-corrected chi connectivity index (χ1v) is 21.4. The molecule has 9 aromatic carbocycles. The first kappa shape index (κ1) is 36.0. The van der Waals surface area contributed by atoms with E-state index < -0.39 is 0 Å². The van der Waals surface area contributed by atoms with Crippen LogP contribution in [0.25, 0.3) is 133 Å². The van der Waals surface area contributed by atoms with Gasteiger partial charge in [0.25, 0.3) is 0 Å². The van der Waals surface area contributed by atoms with E-state index in [9.17, 15) is 0 Å². The molecular weight excluding hydrogens is 785 g/mol. The third-order valence-electron chi connectivity index (χ3n) is 12.3. The number of para-hydroxylation sites is 4. The summed E-state index contributed by atoms with van der Waals surface area (Å²) in [6.45, 7) is 0. The molecule has 0 amide bonds. The van der Waals surface area contributed by atoms with Crippen molar-refractivity contribution in [2.45, 2.75) is 0 Å². The highest BCUT2D eigenvalue weighted by atomic mass is 16.3. The van der Waals surface area contributed by atoms with E-state index in [0.717, 1.165) is 116 Å². The summed E-state index contributed by atoms with van der Waals surface area (Å²) in [5.74, 6) is 1.81. The predicted molar refractivity (Wildman–Crippen MR) is 260 cm³/mol. The highest BCUT2D eigenvalue weighted by molar-refractivity contribution is 6.29. The van der Waals surface area contributed by atoms with E-state index >= 15 is 0 Å². The molecule has 0 bridgehead atoms. The van der Waals surface area contributed by atoms with Gasteiger partial charge in [0.1, 0.15) is 22.3 Å². The number of nitrogens with zero attached hydrogens (tertiary/aromatic N) is 4. The Morgan fingerprint density at radius 3 is 1.48 bits per heavy atom. The van der Waals surface area contributed by atoms with Gasteiger partial charge in [-0.2, -0.15) is 0 Å². The monoisotopic (exact) mass is 818 g/mol. The molecule has 0 aliphatic heterocycles. The lowest BCUT2D eigenvalue weighted by atomic mass is 9.89. The van der Waals surface area contributed by atoms with Crippen molar-refractivity contribution in [3.05, 3.63) is 206 Å². The van der Waals surface area contributed by atoms with E-state index in [2.05, 4.69) is 146 Å². The van der Waals surface area contributed by atoms with E-state index in [1.54, 1.807) is 0 Å². The van der Waals surface area contributed by atoms with Gasteiger partial charge in [-0.1, -0.05) is 182 Å². The molecule has 0 aliphatic carbocycles. The predicted octanol–water partition coefficient (Wildman–Crippen LogP) is 15.4. The molecule has 0 atom stereocenters. The molecule has 6 heteroatoms. The van der Waals surface area contributed by atoms with Gasteiger partial charge in [0.2, 0.25) is 0 Å². The zero-order chi connectivity index (χ0) is 42.1. The van der Waals surface area contributed by atoms with Crippen molar-refractivity contribution in [1.82, 2.24) is 19.9 Å².